The summed E-state index contributed by atoms with van der Waals surface area (Å²) in [4.78, 5) is 4.17. The van der Waals surface area contributed by atoms with Crippen LogP contribution in [0.3, 0.4) is 0 Å². The smallest absolute Gasteiger partial charge is 0.221 e. The predicted molar refractivity (Wildman–Crippen MR) is 102 cm³/mol. The maximum Gasteiger partial charge on any atom is 0.221 e. The van der Waals surface area contributed by atoms with E-state index >= 15 is 0 Å². The standard InChI is InChI=1S/C19H20N4OS/c1-12(2)13-6-7-16-15(9-13)18(19(24)23(16)14-10-25-11-14)22-21-17-5-3-4-8-20-17/h3-9,12,14,24H,10-11H2,1-2H3. The van der Waals surface area contributed by atoms with E-state index in [0.29, 0.717) is 23.5 Å². The second-order valence-corrected chi connectivity index (χ2v) is 7.63. The molecule has 1 aromatic carbocycles. The molecule has 0 bridgehead atoms. The van der Waals surface area contributed by atoms with Gasteiger partial charge in [0.25, 0.3) is 0 Å². The zero-order chi connectivity index (χ0) is 17.4. The number of hydrogen-bond acceptors (Lipinski definition) is 5. The molecule has 2 aromatic heterocycles. The van der Waals surface area contributed by atoms with Crippen molar-refractivity contribution in [2.45, 2.75) is 25.8 Å². The van der Waals surface area contributed by atoms with Gasteiger partial charge in [0.2, 0.25) is 5.88 Å². The molecule has 3 heterocycles. The van der Waals surface area contributed by atoms with Gasteiger partial charge >= 0.3 is 0 Å². The van der Waals surface area contributed by atoms with E-state index in [1.54, 1.807) is 12.3 Å². The summed E-state index contributed by atoms with van der Waals surface area (Å²) in [6.07, 6.45) is 1.68. The van der Waals surface area contributed by atoms with Gasteiger partial charge in [0.15, 0.2) is 11.5 Å². The highest BCUT2D eigenvalue weighted by Crippen LogP contribution is 2.45. The van der Waals surface area contributed by atoms with Crippen molar-refractivity contribution in [3.8, 4) is 5.88 Å². The molecule has 6 heteroatoms. The fraction of sp³-hybridized carbons (Fsp3) is 0.316. The molecule has 0 radical (unpaired) electrons. The van der Waals surface area contributed by atoms with Crippen molar-refractivity contribution in [2.75, 3.05) is 11.5 Å². The molecule has 25 heavy (non-hydrogen) atoms. The van der Waals surface area contributed by atoms with Gasteiger partial charge in [-0.25, -0.2) is 4.98 Å². The number of pyridine rings is 1. The summed E-state index contributed by atoms with van der Waals surface area (Å²) in [7, 11) is 0. The van der Waals surface area contributed by atoms with Gasteiger partial charge in [-0.2, -0.15) is 11.8 Å². The third-order valence-corrected chi connectivity index (χ3v) is 5.77. The average molecular weight is 352 g/mol. The number of thioether (sulfide) groups is 1. The first-order chi connectivity index (χ1) is 12.1. The SMILES string of the molecule is CC(C)c1ccc2c(c1)c(N=Nc1ccccn1)c(O)n2C1CSC1. The van der Waals surface area contributed by atoms with E-state index in [9.17, 15) is 5.11 Å². The van der Waals surface area contributed by atoms with E-state index in [-0.39, 0.29) is 5.88 Å². The Bertz CT molecular complexity index is 929. The molecule has 0 unspecified atom stereocenters. The van der Waals surface area contributed by atoms with Crippen LogP contribution < -0.4 is 0 Å². The summed E-state index contributed by atoms with van der Waals surface area (Å²) in [5, 5.41) is 20.3. The summed E-state index contributed by atoms with van der Waals surface area (Å²) in [5.74, 6) is 3.16. The second kappa shape index (κ2) is 6.52. The number of hydrogen-bond donors (Lipinski definition) is 1. The number of nitrogens with zero attached hydrogens (tertiary/aromatic N) is 4. The van der Waals surface area contributed by atoms with Crippen LogP contribution in [0.4, 0.5) is 11.5 Å². The minimum Gasteiger partial charge on any atom is -0.493 e. The number of fused-ring (bicyclic) bond motifs is 1. The van der Waals surface area contributed by atoms with Crippen LogP contribution in [0.15, 0.2) is 52.8 Å². The Kier molecular flexibility index (Phi) is 4.21. The number of rotatable bonds is 4. The average Bonchev–Trinajstić information content (AvgIpc) is 2.84. The Hall–Kier alpha value is -2.34. The molecule has 1 N–H and O–H groups in total. The molecule has 0 spiro atoms. The number of benzene rings is 1. The summed E-state index contributed by atoms with van der Waals surface area (Å²) >= 11 is 1.89. The summed E-state index contributed by atoms with van der Waals surface area (Å²) < 4.78 is 2.00. The van der Waals surface area contributed by atoms with Crippen LogP contribution in [0.5, 0.6) is 5.88 Å². The van der Waals surface area contributed by atoms with Gasteiger partial charge < -0.3 is 9.67 Å². The number of aromatic hydroxyl groups is 1. The van der Waals surface area contributed by atoms with Crippen molar-refractivity contribution in [3.05, 3.63) is 48.2 Å². The van der Waals surface area contributed by atoms with Crippen LogP contribution in [-0.4, -0.2) is 26.2 Å². The molecule has 0 saturated carbocycles. The molecule has 5 nitrogen and oxygen atoms in total. The van der Waals surface area contributed by atoms with Crippen molar-refractivity contribution in [1.29, 1.82) is 0 Å². The van der Waals surface area contributed by atoms with Crippen molar-refractivity contribution in [3.63, 3.8) is 0 Å². The van der Waals surface area contributed by atoms with Gasteiger partial charge in [0.05, 0.1) is 11.6 Å². The van der Waals surface area contributed by atoms with E-state index < -0.39 is 0 Å². The van der Waals surface area contributed by atoms with Crippen LogP contribution in [0.1, 0.15) is 31.4 Å². The van der Waals surface area contributed by atoms with Crippen molar-refractivity contribution < 1.29 is 5.11 Å². The van der Waals surface area contributed by atoms with E-state index in [2.05, 4.69) is 47.3 Å². The van der Waals surface area contributed by atoms with Crippen LogP contribution in [-0.2, 0) is 0 Å². The van der Waals surface area contributed by atoms with Gasteiger partial charge in [-0.1, -0.05) is 26.0 Å². The molecule has 3 aromatic rings. The van der Waals surface area contributed by atoms with Crippen molar-refractivity contribution >= 4 is 34.2 Å². The third-order valence-electron chi connectivity index (χ3n) is 4.53. The minimum absolute atomic E-state index is 0.195. The Balaban J connectivity index is 1.87. The molecule has 1 aliphatic rings. The van der Waals surface area contributed by atoms with Crippen LogP contribution in [0.25, 0.3) is 10.9 Å². The highest BCUT2D eigenvalue weighted by Gasteiger charge is 2.27. The zero-order valence-electron chi connectivity index (χ0n) is 14.3. The monoisotopic (exact) mass is 352 g/mol. The first kappa shape index (κ1) is 16.1. The molecule has 1 saturated heterocycles. The van der Waals surface area contributed by atoms with Crippen molar-refractivity contribution in [1.82, 2.24) is 9.55 Å². The fourth-order valence-electron chi connectivity index (χ4n) is 3.02. The first-order valence-electron chi connectivity index (χ1n) is 8.42. The van der Waals surface area contributed by atoms with Crippen LogP contribution in [0.2, 0.25) is 0 Å². The summed E-state index contributed by atoms with van der Waals surface area (Å²) in [6, 6.07) is 12.2. The Labute approximate surface area is 150 Å². The quantitative estimate of drug-likeness (QED) is 0.624. The lowest BCUT2D eigenvalue weighted by Gasteiger charge is -2.27. The molecular weight excluding hydrogens is 332 g/mol. The first-order valence-corrected chi connectivity index (χ1v) is 9.58. The van der Waals surface area contributed by atoms with Crippen LogP contribution >= 0.6 is 11.8 Å². The molecule has 0 atom stereocenters. The number of azo groups is 1. The fourth-order valence-corrected chi connectivity index (χ4v) is 3.76. The normalized spacial score (nSPS) is 15.3. The Morgan fingerprint density at radius 3 is 2.68 bits per heavy atom. The second-order valence-electron chi connectivity index (χ2n) is 6.55. The molecule has 4 rings (SSSR count). The van der Waals surface area contributed by atoms with E-state index in [1.807, 2.05) is 28.5 Å². The molecule has 1 fully saturated rings. The largest absolute Gasteiger partial charge is 0.493 e. The van der Waals surface area contributed by atoms with Gasteiger partial charge in [0, 0.05) is 23.1 Å². The lowest BCUT2D eigenvalue weighted by atomic mass is 10.0. The van der Waals surface area contributed by atoms with E-state index in [1.165, 1.54) is 5.56 Å². The molecule has 0 aliphatic carbocycles. The van der Waals surface area contributed by atoms with Gasteiger partial charge in [-0.3, -0.25) is 0 Å². The van der Waals surface area contributed by atoms with Gasteiger partial charge in [-0.05, 0) is 35.7 Å². The molecular formula is C19H20N4OS. The molecule has 1 aliphatic heterocycles. The maximum absolute atomic E-state index is 10.8. The lowest BCUT2D eigenvalue weighted by molar-refractivity contribution is 0.406. The third kappa shape index (κ3) is 2.91. The summed E-state index contributed by atoms with van der Waals surface area (Å²) in [5.41, 5.74) is 2.77. The molecule has 0 amide bonds. The lowest BCUT2D eigenvalue weighted by Crippen LogP contribution is -2.22. The highest BCUT2D eigenvalue weighted by molar-refractivity contribution is 8.00. The Morgan fingerprint density at radius 1 is 1.20 bits per heavy atom. The van der Waals surface area contributed by atoms with Gasteiger partial charge in [0.1, 0.15) is 0 Å². The van der Waals surface area contributed by atoms with Crippen molar-refractivity contribution in [2.24, 2.45) is 10.2 Å². The topological polar surface area (TPSA) is 62.8 Å². The Morgan fingerprint density at radius 2 is 2.04 bits per heavy atom. The minimum atomic E-state index is 0.195. The van der Waals surface area contributed by atoms with E-state index in [4.69, 9.17) is 0 Å². The summed E-state index contributed by atoms with van der Waals surface area (Å²) in [6.45, 7) is 4.32. The zero-order valence-corrected chi connectivity index (χ0v) is 15.1. The van der Waals surface area contributed by atoms with Gasteiger partial charge in [-0.15, -0.1) is 10.2 Å². The predicted octanol–water partition coefficient (Wildman–Crippen LogP) is 5.57. The highest BCUT2D eigenvalue weighted by atomic mass is 32.2. The van der Waals surface area contributed by atoms with Crippen LogP contribution in [0, 0.1) is 0 Å². The maximum atomic E-state index is 10.8. The number of aromatic nitrogens is 2. The van der Waals surface area contributed by atoms with E-state index in [0.717, 1.165) is 22.4 Å². The molecule has 128 valence electrons.